The Morgan fingerprint density at radius 2 is 2.00 bits per heavy atom. The van der Waals surface area contributed by atoms with Crippen molar-refractivity contribution in [2.45, 2.75) is 6.42 Å². The SMILES string of the molecule is Oc1cccc(Cc2nc3cccc(Br)n3n2)c1. The second-order valence-corrected chi connectivity index (χ2v) is 4.81. The molecular formula is C13H10BrN3O. The van der Waals surface area contributed by atoms with Crippen molar-refractivity contribution >= 4 is 21.6 Å². The molecule has 0 saturated carbocycles. The first-order valence-electron chi connectivity index (χ1n) is 5.50. The average Bonchev–Trinajstić information content (AvgIpc) is 2.73. The summed E-state index contributed by atoms with van der Waals surface area (Å²) in [4.78, 5) is 4.44. The van der Waals surface area contributed by atoms with E-state index in [1.807, 2.05) is 30.3 Å². The van der Waals surface area contributed by atoms with Crippen LogP contribution >= 0.6 is 15.9 Å². The van der Waals surface area contributed by atoms with E-state index in [1.54, 1.807) is 16.6 Å². The summed E-state index contributed by atoms with van der Waals surface area (Å²) < 4.78 is 2.62. The van der Waals surface area contributed by atoms with Gasteiger partial charge in [0.05, 0.1) is 0 Å². The Morgan fingerprint density at radius 1 is 1.17 bits per heavy atom. The number of phenolic OH excluding ortho intramolecular Hbond substituents is 1. The van der Waals surface area contributed by atoms with Crippen LogP contribution in [0.2, 0.25) is 0 Å². The van der Waals surface area contributed by atoms with Gasteiger partial charge in [-0.2, -0.15) is 0 Å². The summed E-state index contributed by atoms with van der Waals surface area (Å²) in [6.45, 7) is 0. The first-order valence-corrected chi connectivity index (χ1v) is 6.30. The maximum Gasteiger partial charge on any atom is 0.156 e. The van der Waals surface area contributed by atoms with Crippen LogP contribution in [0.15, 0.2) is 47.1 Å². The van der Waals surface area contributed by atoms with Crippen molar-refractivity contribution < 1.29 is 5.11 Å². The fraction of sp³-hybridized carbons (Fsp3) is 0.0769. The minimum absolute atomic E-state index is 0.262. The van der Waals surface area contributed by atoms with Crippen molar-refractivity contribution in [2.75, 3.05) is 0 Å². The van der Waals surface area contributed by atoms with E-state index in [2.05, 4.69) is 26.0 Å². The predicted molar refractivity (Wildman–Crippen MR) is 71.6 cm³/mol. The van der Waals surface area contributed by atoms with E-state index in [0.717, 1.165) is 21.6 Å². The molecule has 3 rings (SSSR count). The molecule has 0 bridgehead atoms. The van der Waals surface area contributed by atoms with Crippen LogP contribution in [-0.2, 0) is 6.42 Å². The highest BCUT2D eigenvalue weighted by Crippen LogP contribution is 2.16. The van der Waals surface area contributed by atoms with Crippen molar-refractivity contribution in [3.63, 3.8) is 0 Å². The molecule has 18 heavy (non-hydrogen) atoms. The van der Waals surface area contributed by atoms with Crippen molar-refractivity contribution in [3.05, 3.63) is 58.5 Å². The van der Waals surface area contributed by atoms with E-state index in [0.29, 0.717) is 6.42 Å². The molecule has 0 atom stereocenters. The lowest BCUT2D eigenvalue weighted by atomic mass is 10.1. The lowest BCUT2D eigenvalue weighted by Crippen LogP contribution is -1.92. The maximum atomic E-state index is 9.42. The monoisotopic (exact) mass is 303 g/mol. The first kappa shape index (κ1) is 11.2. The van der Waals surface area contributed by atoms with Crippen LogP contribution in [-0.4, -0.2) is 19.7 Å². The number of rotatable bonds is 2. The number of hydrogen-bond donors (Lipinski definition) is 1. The molecule has 0 aliphatic carbocycles. The van der Waals surface area contributed by atoms with Crippen LogP contribution in [0.25, 0.3) is 5.65 Å². The summed E-state index contributed by atoms with van der Waals surface area (Å²) in [5.74, 6) is 0.991. The quantitative estimate of drug-likeness (QED) is 0.741. The van der Waals surface area contributed by atoms with Crippen LogP contribution in [0.5, 0.6) is 5.75 Å². The van der Waals surface area contributed by atoms with E-state index < -0.39 is 0 Å². The molecule has 1 aromatic carbocycles. The summed E-state index contributed by atoms with van der Waals surface area (Å²) >= 11 is 3.43. The van der Waals surface area contributed by atoms with Gasteiger partial charge < -0.3 is 5.11 Å². The summed E-state index contributed by atoms with van der Waals surface area (Å²) in [6.07, 6.45) is 0.600. The van der Waals surface area contributed by atoms with Gasteiger partial charge in [-0.1, -0.05) is 18.2 Å². The third kappa shape index (κ3) is 2.09. The number of aromatic hydroxyl groups is 1. The van der Waals surface area contributed by atoms with Crippen molar-refractivity contribution in [1.29, 1.82) is 0 Å². The molecule has 0 saturated heterocycles. The summed E-state index contributed by atoms with van der Waals surface area (Å²) in [5, 5.41) is 13.8. The number of nitrogens with zero attached hydrogens (tertiary/aromatic N) is 3. The molecule has 2 aromatic heterocycles. The Kier molecular flexibility index (Phi) is 2.76. The van der Waals surface area contributed by atoms with Gasteiger partial charge in [0.25, 0.3) is 0 Å². The van der Waals surface area contributed by atoms with Gasteiger partial charge in [-0.05, 0) is 45.8 Å². The number of phenols is 1. The molecular weight excluding hydrogens is 294 g/mol. The Hall–Kier alpha value is -1.88. The molecule has 5 heteroatoms. The lowest BCUT2D eigenvalue weighted by molar-refractivity contribution is 0.474. The number of fused-ring (bicyclic) bond motifs is 1. The number of aromatic nitrogens is 3. The van der Waals surface area contributed by atoms with Gasteiger partial charge >= 0.3 is 0 Å². The van der Waals surface area contributed by atoms with Crippen molar-refractivity contribution in [3.8, 4) is 5.75 Å². The van der Waals surface area contributed by atoms with E-state index in [1.165, 1.54) is 0 Å². The Bertz CT molecular complexity index is 708. The third-order valence-corrected chi connectivity index (χ3v) is 3.23. The fourth-order valence-electron chi connectivity index (χ4n) is 1.84. The minimum atomic E-state index is 0.262. The first-order chi connectivity index (χ1) is 8.72. The smallest absolute Gasteiger partial charge is 0.156 e. The maximum absolute atomic E-state index is 9.42. The van der Waals surface area contributed by atoms with Gasteiger partial charge in [-0.3, -0.25) is 0 Å². The molecule has 3 aromatic rings. The Balaban J connectivity index is 1.98. The number of pyridine rings is 1. The number of halogens is 1. The van der Waals surface area contributed by atoms with E-state index >= 15 is 0 Å². The van der Waals surface area contributed by atoms with Gasteiger partial charge in [0.2, 0.25) is 0 Å². The second-order valence-electron chi connectivity index (χ2n) is 3.99. The largest absolute Gasteiger partial charge is 0.508 e. The van der Waals surface area contributed by atoms with Crippen LogP contribution in [0.3, 0.4) is 0 Å². The highest BCUT2D eigenvalue weighted by Gasteiger charge is 2.06. The molecule has 0 spiro atoms. The molecule has 0 unspecified atom stereocenters. The van der Waals surface area contributed by atoms with Gasteiger partial charge in [0.1, 0.15) is 10.4 Å². The number of benzene rings is 1. The van der Waals surface area contributed by atoms with Gasteiger partial charge in [0, 0.05) is 6.42 Å². The van der Waals surface area contributed by atoms with Gasteiger partial charge in [-0.15, -0.1) is 5.10 Å². The van der Waals surface area contributed by atoms with E-state index in [-0.39, 0.29) is 5.75 Å². The van der Waals surface area contributed by atoms with Gasteiger partial charge in [-0.25, -0.2) is 9.50 Å². The standard InChI is InChI=1S/C13H10BrN3O/c14-11-5-2-6-13-15-12(16-17(11)13)8-9-3-1-4-10(18)7-9/h1-7,18H,8H2. The van der Waals surface area contributed by atoms with Crippen LogP contribution in [0, 0.1) is 0 Å². The fourth-order valence-corrected chi connectivity index (χ4v) is 2.26. The summed E-state index contributed by atoms with van der Waals surface area (Å²) in [7, 11) is 0. The van der Waals surface area contributed by atoms with Gasteiger partial charge in [0.15, 0.2) is 11.5 Å². The lowest BCUT2D eigenvalue weighted by Gasteiger charge is -1.97. The van der Waals surface area contributed by atoms with E-state index in [4.69, 9.17) is 0 Å². The highest BCUT2D eigenvalue weighted by atomic mass is 79.9. The predicted octanol–water partition coefficient (Wildman–Crippen LogP) is 2.79. The van der Waals surface area contributed by atoms with Crippen LogP contribution in [0.1, 0.15) is 11.4 Å². The van der Waals surface area contributed by atoms with Crippen molar-refractivity contribution in [1.82, 2.24) is 14.6 Å². The van der Waals surface area contributed by atoms with E-state index in [9.17, 15) is 5.11 Å². The second kappa shape index (κ2) is 4.42. The minimum Gasteiger partial charge on any atom is -0.508 e. The molecule has 90 valence electrons. The normalized spacial score (nSPS) is 10.9. The highest BCUT2D eigenvalue weighted by molar-refractivity contribution is 9.10. The molecule has 1 N–H and O–H groups in total. The topological polar surface area (TPSA) is 50.4 Å². The zero-order chi connectivity index (χ0) is 12.5. The molecule has 0 fully saturated rings. The van der Waals surface area contributed by atoms with Crippen LogP contribution in [0.4, 0.5) is 0 Å². The summed E-state index contributed by atoms with van der Waals surface area (Å²) in [5.41, 5.74) is 1.79. The molecule has 0 aliphatic rings. The average molecular weight is 304 g/mol. The Labute approximate surface area is 112 Å². The molecule has 0 aliphatic heterocycles. The molecule has 4 nitrogen and oxygen atoms in total. The molecule has 2 heterocycles. The molecule has 0 amide bonds. The Morgan fingerprint density at radius 3 is 2.78 bits per heavy atom. The number of hydrogen-bond acceptors (Lipinski definition) is 3. The van der Waals surface area contributed by atoms with Crippen molar-refractivity contribution in [2.24, 2.45) is 0 Å². The summed E-state index contributed by atoms with van der Waals surface area (Å²) in [6, 6.07) is 12.9. The third-order valence-electron chi connectivity index (χ3n) is 2.63. The zero-order valence-electron chi connectivity index (χ0n) is 9.42. The molecule has 0 radical (unpaired) electrons. The zero-order valence-corrected chi connectivity index (χ0v) is 11.0. The van der Waals surface area contributed by atoms with Crippen LogP contribution < -0.4 is 0 Å².